The van der Waals surface area contributed by atoms with E-state index in [2.05, 4.69) is 46.5 Å². The number of fused-ring (bicyclic) bond motifs is 1. The van der Waals surface area contributed by atoms with E-state index < -0.39 is 6.17 Å². The molecule has 2 heterocycles. The molecular weight excluding hydrogens is 455 g/mol. The van der Waals surface area contributed by atoms with E-state index in [-0.39, 0.29) is 24.1 Å². The van der Waals surface area contributed by atoms with Gasteiger partial charge in [0.15, 0.2) is 11.5 Å². The highest BCUT2D eigenvalue weighted by molar-refractivity contribution is 6.31. The highest BCUT2D eigenvalue weighted by Gasteiger charge is 2.16. The molecule has 4 aromatic rings. The molecule has 178 valence electrons. The molecule has 1 unspecified atom stereocenters. The number of halogens is 2. The maximum absolute atomic E-state index is 14.7. The van der Waals surface area contributed by atoms with Gasteiger partial charge in [-0.1, -0.05) is 56.6 Å². The van der Waals surface area contributed by atoms with Gasteiger partial charge < -0.3 is 10.6 Å². The third-order valence-electron chi connectivity index (χ3n) is 5.53. The third kappa shape index (κ3) is 5.39. The summed E-state index contributed by atoms with van der Waals surface area (Å²) in [5, 5.41) is 9.40. The lowest BCUT2D eigenvalue weighted by molar-refractivity contribution is 0.365. The van der Waals surface area contributed by atoms with Crippen molar-refractivity contribution in [3.63, 3.8) is 0 Å². The lowest BCUT2D eigenvalue weighted by atomic mass is 9.87. The molecular formula is C25H28ClFN6O. The van der Waals surface area contributed by atoms with Gasteiger partial charge in [0.1, 0.15) is 6.17 Å². The average molecular weight is 483 g/mol. The van der Waals surface area contributed by atoms with E-state index in [0.717, 1.165) is 16.8 Å². The van der Waals surface area contributed by atoms with Gasteiger partial charge in [-0.25, -0.2) is 13.9 Å². The van der Waals surface area contributed by atoms with Crippen molar-refractivity contribution in [2.45, 2.75) is 39.3 Å². The molecule has 0 aliphatic rings. The van der Waals surface area contributed by atoms with E-state index in [0.29, 0.717) is 22.4 Å². The number of aryl methyl sites for hydroxylation is 1. The fourth-order valence-electron chi connectivity index (χ4n) is 3.53. The van der Waals surface area contributed by atoms with Crippen molar-refractivity contribution in [2.75, 3.05) is 23.7 Å². The summed E-state index contributed by atoms with van der Waals surface area (Å²) in [6.07, 6.45) is -1.21. The minimum atomic E-state index is -1.21. The van der Waals surface area contributed by atoms with E-state index in [9.17, 15) is 9.18 Å². The zero-order valence-corrected chi connectivity index (χ0v) is 20.4. The number of nitrogens with one attached hydrogen (secondary N) is 3. The SMILES string of the molecule is Cc1cc(NCC(F)CNc2nc(-c3ccc(C(C)(C)C)cc3)nc3cc(=O)[nH]n23)ccc1Cl. The molecule has 9 heteroatoms. The fourth-order valence-corrected chi connectivity index (χ4v) is 3.65. The van der Waals surface area contributed by atoms with Crippen molar-refractivity contribution >= 4 is 28.9 Å². The van der Waals surface area contributed by atoms with Gasteiger partial charge >= 0.3 is 0 Å². The molecule has 0 bridgehead atoms. The third-order valence-corrected chi connectivity index (χ3v) is 5.96. The molecule has 0 radical (unpaired) electrons. The second kappa shape index (κ2) is 9.46. The number of H-pyrrole nitrogens is 1. The Hall–Kier alpha value is -3.39. The Morgan fingerprint density at radius 1 is 1.06 bits per heavy atom. The summed E-state index contributed by atoms with van der Waals surface area (Å²) < 4.78 is 16.1. The van der Waals surface area contributed by atoms with Crippen molar-refractivity contribution in [1.82, 2.24) is 19.6 Å². The molecule has 0 spiro atoms. The van der Waals surface area contributed by atoms with Gasteiger partial charge in [0.25, 0.3) is 5.56 Å². The number of anilines is 2. The molecule has 0 saturated carbocycles. The maximum Gasteiger partial charge on any atom is 0.266 e. The predicted molar refractivity (Wildman–Crippen MR) is 136 cm³/mol. The van der Waals surface area contributed by atoms with Gasteiger partial charge in [-0.2, -0.15) is 4.98 Å². The van der Waals surface area contributed by atoms with E-state index in [1.54, 1.807) is 6.07 Å². The highest BCUT2D eigenvalue weighted by atomic mass is 35.5. The van der Waals surface area contributed by atoms with Crippen LogP contribution < -0.4 is 16.2 Å². The van der Waals surface area contributed by atoms with Crippen molar-refractivity contribution in [1.29, 1.82) is 0 Å². The summed E-state index contributed by atoms with van der Waals surface area (Å²) in [6.45, 7) is 8.44. The Labute approximate surface area is 202 Å². The Balaban J connectivity index is 1.51. The molecule has 0 fully saturated rings. The standard InChI is InChI=1S/C25H28ClFN6O/c1-15-11-19(9-10-20(15)26)28-13-18(27)14-29-24-31-23(30-21-12-22(34)32-33(21)24)16-5-7-17(8-6-16)25(2,3)4/h5-12,18,28H,13-14H2,1-4H3,(H,32,34)(H,29,30,31). The van der Waals surface area contributed by atoms with E-state index in [4.69, 9.17) is 11.6 Å². The number of aromatic nitrogens is 4. The number of hydrogen-bond donors (Lipinski definition) is 3. The van der Waals surface area contributed by atoms with Crippen LogP contribution >= 0.6 is 11.6 Å². The Kier molecular flexibility index (Phi) is 6.61. The first-order valence-electron chi connectivity index (χ1n) is 11.1. The molecule has 34 heavy (non-hydrogen) atoms. The highest BCUT2D eigenvalue weighted by Crippen LogP contribution is 2.25. The van der Waals surface area contributed by atoms with Crippen LogP contribution in [-0.2, 0) is 5.41 Å². The van der Waals surface area contributed by atoms with Crippen molar-refractivity contribution in [3.05, 3.63) is 75.0 Å². The van der Waals surface area contributed by atoms with Gasteiger partial charge in [-0.3, -0.25) is 9.89 Å². The van der Waals surface area contributed by atoms with Crippen molar-refractivity contribution in [2.24, 2.45) is 0 Å². The van der Waals surface area contributed by atoms with E-state index >= 15 is 0 Å². The van der Waals surface area contributed by atoms with Crippen LogP contribution in [0.15, 0.2) is 53.3 Å². The van der Waals surface area contributed by atoms with Crippen LogP contribution in [0.1, 0.15) is 31.9 Å². The lowest BCUT2D eigenvalue weighted by Gasteiger charge is -2.19. The minimum Gasteiger partial charge on any atom is -0.382 e. The van der Waals surface area contributed by atoms with Crippen LogP contribution in [-0.4, -0.2) is 38.8 Å². The number of rotatable bonds is 7. The predicted octanol–water partition coefficient (Wildman–Crippen LogP) is 5.21. The van der Waals surface area contributed by atoms with Crippen molar-refractivity contribution in [3.8, 4) is 11.4 Å². The summed E-state index contributed by atoms with van der Waals surface area (Å²) in [5.74, 6) is 0.763. The second-order valence-corrected chi connectivity index (χ2v) is 9.74. The zero-order chi connectivity index (χ0) is 24.5. The largest absolute Gasteiger partial charge is 0.382 e. The molecule has 1 atom stereocenters. The van der Waals surface area contributed by atoms with E-state index in [1.807, 2.05) is 43.3 Å². The zero-order valence-electron chi connectivity index (χ0n) is 19.6. The van der Waals surface area contributed by atoms with Crippen LogP contribution in [0.4, 0.5) is 16.0 Å². The summed E-state index contributed by atoms with van der Waals surface area (Å²) in [6, 6.07) is 14.8. The van der Waals surface area contributed by atoms with Crippen molar-refractivity contribution < 1.29 is 4.39 Å². The second-order valence-electron chi connectivity index (χ2n) is 9.34. The van der Waals surface area contributed by atoms with E-state index in [1.165, 1.54) is 16.1 Å². The maximum atomic E-state index is 14.7. The monoisotopic (exact) mass is 482 g/mol. The Bertz CT molecular complexity index is 1360. The van der Waals surface area contributed by atoms with Crippen LogP contribution in [0, 0.1) is 6.92 Å². The van der Waals surface area contributed by atoms with Gasteiger partial charge in [0.2, 0.25) is 5.95 Å². The normalized spacial score (nSPS) is 12.6. The molecule has 2 aromatic carbocycles. The fraction of sp³-hybridized carbons (Fsp3) is 0.320. The number of hydrogen-bond acceptors (Lipinski definition) is 5. The number of benzene rings is 2. The molecule has 0 amide bonds. The number of alkyl halides is 1. The first kappa shape index (κ1) is 23.8. The lowest BCUT2D eigenvalue weighted by Crippen LogP contribution is -2.25. The molecule has 0 aliphatic heterocycles. The minimum absolute atomic E-state index is 0.00566. The summed E-state index contributed by atoms with van der Waals surface area (Å²) in [5.41, 5.74) is 3.84. The van der Waals surface area contributed by atoms with Crippen LogP contribution in [0.2, 0.25) is 5.02 Å². The number of aromatic amines is 1. The Morgan fingerprint density at radius 2 is 1.76 bits per heavy atom. The quantitative estimate of drug-likeness (QED) is 0.337. The molecule has 2 aromatic heterocycles. The van der Waals surface area contributed by atoms with Crippen LogP contribution in [0.3, 0.4) is 0 Å². The first-order chi connectivity index (χ1) is 16.1. The molecule has 3 N–H and O–H groups in total. The average Bonchev–Trinajstić information content (AvgIpc) is 3.18. The smallest absolute Gasteiger partial charge is 0.266 e. The summed E-state index contributed by atoms with van der Waals surface area (Å²) >= 11 is 6.04. The summed E-state index contributed by atoms with van der Waals surface area (Å²) in [7, 11) is 0. The van der Waals surface area contributed by atoms with Crippen LogP contribution in [0.25, 0.3) is 17.0 Å². The topological polar surface area (TPSA) is 87.1 Å². The first-order valence-corrected chi connectivity index (χ1v) is 11.5. The van der Waals surface area contributed by atoms with Crippen LogP contribution in [0.5, 0.6) is 0 Å². The number of nitrogens with zero attached hydrogens (tertiary/aromatic N) is 3. The van der Waals surface area contributed by atoms with Gasteiger partial charge in [0, 0.05) is 28.9 Å². The Morgan fingerprint density at radius 3 is 2.44 bits per heavy atom. The molecule has 4 rings (SSSR count). The molecule has 7 nitrogen and oxygen atoms in total. The molecule has 0 aliphatic carbocycles. The van der Waals surface area contributed by atoms with Gasteiger partial charge in [-0.05, 0) is 41.7 Å². The molecule has 0 saturated heterocycles. The summed E-state index contributed by atoms with van der Waals surface area (Å²) in [4.78, 5) is 21.0. The van der Waals surface area contributed by atoms with Gasteiger partial charge in [-0.15, -0.1) is 0 Å². The van der Waals surface area contributed by atoms with Gasteiger partial charge in [0.05, 0.1) is 6.54 Å².